The minimum atomic E-state index is -3.30. The Hall–Kier alpha value is -2.26. The molecule has 9 heteroatoms. The first kappa shape index (κ1) is 14.2. The number of hydrogen-bond acceptors (Lipinski definition) is 5. The summed E-state index contributed by atoms with van der Waals surface area (Å²) >= 11 is 0. The second kappa shape index (κ2) is 5.80. The SMILES string of the molecule is CS(=O)(=O)NCc1cc(C(=O)Nc2ncc[nH]2)ccn1. The number of carbonyl (C=O) groups excluding carboxylic acids is 1. The van der Waals surface area contributed by atoms with Gasteiger partial charge in [-0.15, -0.1) is 0 Å². The molecule has 0 aromatic carbocycles. The van der Waals surface area contributed by atoms with E-state index in [2.05, 4.69) is 25.0 Å². The number of hydrogen-bond donors (Lipinski definition) is 3. The van der Waals surface area contributed by atoms with Crippen LogP contribution in [0, 0.1) is 0 Å². The lowest BCUT2D eigenvalue weighted by Crippen LogP contribution is -2.22. The van der Waals surface area contributed by atoms with Crippen molar-refractivity contribution >= 4 is 21.9 Å². The molecular weight excluding hydrogens is 282 g/mol. The maximum Gasteiger partial charge on any atom is 0.258 e. The summed E-state index contributed by atoms with van der Waals surface area (Å²) in [6.45, 7) is 0.0285. The number of anilines is 1. The maximum absolute atomic E-state index is 11.9. The summed E-state index contributed by atoms with van der Waals surface area (Å²) in [6, 6.07) is 3.04. The summed E-state index contributed by atoms with van der Waals surface area (Å²) in [7, 11) is -3.30. The number of amides is 1. The first-order valence-corrected chi connectivity index (χ1v) is 7.53. The highest BCUT2D eigenvalue weighted by molar-refractivity contribution is 7.88. The lowest BCUT2D eigenvalue weighted by Gasteiger charge is -2.05. The van der Waals surface area contributed by atoms with E-state index in [0.717, 1.165) is 6.26 Å². The van der Waals surface area contributed by atoms with Crippen molar-refractivity contribution in [2.45, 2.75) is 6.54 Å². The Morgan fingerprint density at radius 1 is 1.35 bits per heavy atom. The molecule has 0 atom stereocenters. The maximum atomic E-state index is 11.9. The number of pyridine rings is 1. The number of aromatic amines is 1. The molecule has 0 unspecified atom stereocenters. The fourth-order valence-corrected chi connectivity index (χ4v) is 1.84. The van der Waals surface area contributed by atoms with Gasteiger partial charge in [-0.2, -0.15) is 0 Å². The van der Waals surface area contributed by atoms with Gasteiger partial charge in [-0.1, -0.05) is 0 Å². The van der Waals surface area contributed by atoms with Crippen molar-refractivity contribution < 1.29 is 13.2 Å². The Kier molecular flexibility index (Phi) is 4.11. The van der Waals surface area contributed by atoms with E-state index >= 15 is 0 Å². The van der Waals surface area contributed by atoms with Crippen LogP contribution in [0.15, 0.2) is 30.7 Å². The van der Waals surface area contributed by atoms with Gasteiger partial charge < -0.3 is 4.98 Å². The second-order valence-corrected chi connectivity index (χ2v) is 5.85. The molecule has 0 fully saturated rings. The van der Waals surface area contributed by atoms with E-state index in [9.17, 15) is 13.2 Å². The lowest BCUT2D eigenvalue weighted by molar-refractivity contribution is 0.102. The third-order valence-electron chi connectivity index (χ3n) is 2.32. The molecule has 0 aliphatic heterocycles. The third kappa shape index (κ3) is 4.14. The van der Waals surface area contributed by atoms with Crippen LogP contribution < -0.4 is 10.0 Å². The first-order chi connectivity index (χ1) is 9.44. The summed E-state index contributed by atoms with van der Waals surface area (Å²) < 4.78 is 24.3. The van der Waals surface area contributed by atoms with Crippen LogP contribution in [0.3, 0.4) is 0 Å². The highest BCUT2D eigenvalue weighted by Crippen LogP contribution is 2.05. The number of sulfonamides is 1. The van der Waals surface area contributed by atoms with Crippen LogP contribution in [0.25, 0.3) is 0 Å². The molecule has 0 saturated heterocycles. The van der Waals surface area contributed by atoms with Gasteiger partial charge in [-0.3, -0.25) is 15.1 Å². The summed E-state index contributed by atoms with van der Waals surface area (Å²) in [4.78, 5) is 22.5. The Morgan fingerprint density at radius 2 is 2.15 bits per heavy atom. The van der Waals surface area contributed by atoms with Gasteiger partial charge in [0, 0.05) is 24.2 Å². The molecule has 0 spiro atoms. The Labute approximate surface area is 115 Å². The van der Waals surface area contributed by atoms with Crippen molar-refractivity contribution in [1.29, 1.82) is 0 Å². The van der Waals surface area contributed by atoms with Crippen LogP contribution in [0.2, 0.25) is 0 Å². The van der Waals surface area contributed by atoms with Crippen molar-refractivity contribution in [3.63, 3.8) is 0 Å². The number of aromatic nitrogens is 3. The van der Waals surface area contributed by atoms with E-state index < -0.39 is 10.0 Å². The molecule has 20 heavy (non-hydrogen) atoms. The van der Waals surface area contributed by atoms with Crippen molar-refractivity contribution in [1.82, 2.24) is 19.7 Å². The van der Waals surface area contributed by atoms with Gasteiger partial charge in [-0.25, -0.2) is 18.1 Å². The van der Waals surface area contributed by atoms with Crippen LogP contribution in [-0.4, -0.2) is 35.5 Å². The number of carbonyl (C=O) groups is 1. The summed E-state index contributed by atoms with van der Waals surface area (Å²) in [6.07, 6.45) is 5.60. The Balaban J connectivity index is 2.07. The molecule has 0 saturated carbocycles. The molecule has 0 bridgehead atoms. The summed E-state index contributed by atoms with van der Waals surface area (Å²) in [5.74, 6) is -0.0226. The fraction of sp³-hybridized carbons (Fsp3) is 0.182. The Bertz CT molecular complexity index is 697. The van der Waals surface area contributed by atoms with Gasteiger partial charge in [0.25, 0.3) is 5.91 Å². The topological polar surface area (TPSA) is 117 Å². The lowest BCUT2D eigenvalue weighted by atomic mass is 10.2. The average Bonchev–Trinajstić information content (AvgIpc) is 2.89. The molecule has 106 valence electrons. The smallest absolute Gasteiger partial charge is 0.258 e. The number of nitrogens with one attached hydrogen (secondary N) is 3. The fourth-order valence-electron chi connectivity index (χ4n) is 1.43. The second-order valence-electron chi connectivity index (χ2n) is 4.02. The van der Waals surface area contributed by atoms with Crippen molar-refractivity contribution in [3.8, 4) is 0 Å². The van der Waals surface area contributed by atoms with Crippen molar-refractivity contribution in [2.24, 2.45) is 0 Å². The molecule has 1 amide bonds. The highest BCUT2D eigenvalue weighted by Gasteiger charge is 2.09. The van der Waals surface area contributed by atoms with E-state index in [0.29, 0.717) is 17.2 Å². The normalized spacial score (nSPS) is 11.2. The Morgan fingerprint density at radius 3 is 2.80 bits per heavy atom. The predicted octanol–water partition coefficient (Wildman–Crippen LogP) is 0.106. The number of rotatable bonds is 5. The molecule has 2 heterocycles. The minimum absolute atomic E-state index is 0.0285. The summed E-state index contributed by atoms with van der Waals surface area (Å²) in [5.41, 5.74) is 0.809. The van der Waals surface area contributed by atoms with Crippen LogP contribution >= 0.6 is 0 Å². The average molecular weight is 295 g/mol. The van der Waals surface area contributed by atoms with Gasteiger partial charge in [0.2, 0.25) is 16.0 Å². The molecule has 2 aromatic rings. The highest BCUT2D eigenvalue weighted by atomic mass is 32.2. The zero-order valence-corrected chi connectivity index (χ0v) is 11.4. The number of nitrogens with zero attached hydrogens (tertiary/aromatic N) is 2. The zero-order valence-electron chi connectivity index (χ0n) is 10.6. The molecular formula is C11H13N5O3S. The predicted molar refractivity (Wildman–Crippen MR) is 72.5 cm³/mol. The van der Waals surface area contributed by atoms with E-state index in [1.165, 1.54) is 24.5 Å². The van der Waals surface area contributed by atoms with E-state index in [-0.39, 0.29) is 12.5 Å². The van der Waals surface area contributed by atoms with Crippen molar-refractivity contribution in [3.05, 3.63) is 42.0 Å². The quantitative estimate of drug-likeness (QED) is 0.723. The standard InChI is InChI=1S/C11H13N5O3S/c1-20(18,19)15-7-9-6-8(2-3-12-9)10(17)16-11-13-4-5-14-11/h2-6,15H,7H2,1H3,(H2,13,14,16,17). The van der Waals surface area contributed by atoms with Gasteiger partial charge in [0.15, 0.2) is 0 Å². The number of H-pyrrole nitrogens is 1. The zero-order chi connectivity index (χ0) is 14.6. The minimum Gasteiger partial charge on any atom is -0.331 e. The van der Waals surface area contributed by atoms with Gasteiger partial charge in [0.1, 0.15) is 0 Å². The van der Waals surface area contributed by atoms with Crippen LogP contribution in [0.1, 0.15) is 16.1 Å². The molecule has 8 nitrogen and oxygen atoms in total. The molecule has 0 aliphatic carbocycles. The monoisotopic (exact) mass is 295 g/mol. The van der Waals surface area contributed by atoms with Crippen molar-refractivity contribution in [2.75, 3.05) is 11.6 Å². The van der Waals surface area contributed by atoms with Gasteiger partial charge in [-0.05, 0) is 12.1 Å². The molecule has 2 rings (SSSR count). The summed E-state index contributed by atoms with van der Waals surface area (Å²) in [5, 5.41) is 2.57. The van der Waals surface area contributed by atoms with Gasteiger partial charge >= 0.3 is 0 Å². The largest absolute Gasteiger partial charge is 0.331 e. The van der Waals surface area contributed by atoms with E-state index in [1.54, 1.807) is 6.20 Å². The first-order valence-electron chi connectivity index (χ1n) is 5.64. The van der Waals surface area contributed by atoms with Crippen LogP contribution in [-0.2, 0) is 16.6 Å². The van der Waals surface area contributed by atoms with E-state index in [1.807, 2.05) is 0 Å². The third-order valence-corrected chi connectivity index (χ3v) is 2.99. The molecule has 0 radical (unpaired) electrons. The molecule has 2 aromatic heterocycles. The molecule has 3 N–H and O–H groups in total. The van der Waals surface area contributed by atoms with Crippen LogP contribution in [0.4, 0.5) is 5.95 Å². The van der Waals surface area contributed by atoms with Crippen LogP contribution in [0.5, 0.6) is 0 Å². The molecule has 0 aliphatic rings. The number of imidazole rings is 1. The van der Waals surface area contributed by atoms with Gasteiger partial charge in [0.05, 0.1) is 18.5 Å². The van der Waals surface area contributed by atoms with E-state index in [4.69, 9.17) is 0 Å².